The second-order valence-corrected chi connectivity index (χ2v) is 15.7. The summed E-state index contributed by atoms with van der Waals surface area (Å²) in [6.45, 7) is 14.8. The van der Waals surface area contributed by atoms with Crippen LogP contribution in [0.25, 0.3) is 0 Å². The SMILES string of the molecule is CC[C@H]1OC(=O)C[C@@H](O)[C@H](C)[C@@H](O[C@@H]2O[C@H](C)C[C@@H](N(C)C)[C@H]2O)[C@H](CCN(CCCN(C)C)C(=O)[C@H](C)N)C[C@@H](C)C(=O)/C=C/C(C)=C/[C@@H]1C. The topological polar surface area (TPSA) is 155 Å². The zero-order chi connectivity index (χ0) is 38.6. The lowest BCUT2D eigenvalue weighted by Gasteiger charge is -2.44. The largest absolute Gasteiger partial charge is 0.462 e. The second kappa shape index (κ2) is 21.5. The van der Waals surface area contributed by atoms with Crippen LogP contribution in [0.5, 0.6) is 0 Å². The van der Waals surface area contributed by atoms with E-state index in [1.165, 1.54) is 0 Å². The Balaban J connectivity index is 2.63. The van der Waals surface area contributed by atoms with Crippen molar-refractivity contribution < 1.29 is 38.8 Å². The van der Waals surface area contributed by atoms with Gasteiger partial charge in [-0.05, 0) is 99.6 Å². The summed E-state index contributed by atoms with van der Waals surface area (Å²) in [5.74, 6) is -2.27. The molecule has 0 spiro atoms. The van der Waals surface area contributed by atoms with Crippen LogP contribution in [0, 0.1) is 23.7 Å². The number of nitrogens with zero attached hydrogens (tertiary/aromatic N) is 3. The van der Waals surface area contributed by atoms with Crippen LogP contribution in [-0.4, -0.2) is 139 Å². The Bertz CT molecular complexity index is 1160. The van der Waals surface area contributed by atoms with Crippen LogP contribution < -0.4 is 5.73 Å². The van der Waals surface area contributed by atoms with Crippen molar-refractivity contribution in [2.45, 2.75) is 136 Å². The Kier molecular flexibility index (Phi) is 19.0. The third kappa shape index (κ3) is 14.3. The summed E-state index contributed by atoms with van der Waals surface area (Å²) in [4.78, 5) is 46.0. The Labute approximate surface area is 307 Å². The maximum Gasteiger partial charge on any atom is 0.308 e. The molecule has 0 saturated carbocycles. The minimum Gasteiger partial charge on any atom is -0.462 e. The van der Waals surface area contributed by atoms with Gasteiger partial charge in [-0.3, -0.25) is 14.4 Å². The van der Waals surface area contributed by atoms with Crippen molar-refractivity contribution in [1.29, 1.82) is 0 Å². The normalized spacial score (nSPS) is 35.6. The maximum atomic E-state index is 13.6. The van der Waals surface area contributed by atoms with E-state index in [1.54, 1.807) is 24.0 Å². The number of cyclic esters (lactones) is 1. The average Bonchev–Trinajstić information content (AvgIpc) is 3.05. The Hall–Kier alpha value is -2.19. The quantitative estimate of drug-likeness (QED) is 0.254. The summed E-state index contributed by atoms with van der Waals surface area (Å²) >= 11 is 0. The van der Waals surface area contributed by atoms with E-state index in [2.05, 4.69) is 4.90 Å². The van der Waals surface area contributed by atoms with Gasteiger partial charge in [-0.2, -0.15) is 0 Å². The predicted molar refractivity (Wildman–Crippen MR) is 200 cm³/mol. The first-order valence-electron chi connectivity index (χ1n) is 19.0. The van der Waals surface area contributed by atoms with Gasteiger partial charge < -0.3 is 44.9 Å². The number of esters is 1. The average molecular weight is 723 g/mol. The minimum absolute atomic E-state index is 0.0531. The molecule has 2 aliphatic rings. The van der Waals surface area contributed by atoms with E-state index in [-0.39, 0.29) is 42.1 Å². The standard InChI is InChI=1S/C39H70N4O8/c1-12-34-26(4)20-24(2)14-15-32(44)25(3)21-30(16-19-43(38(48)29(7)40)18-13-17-41(8)9)37(28(6)33(45)23-35(46)50-34)51-39-36(47)31(42(10)11)22-27(5)49-39/h14-15,20,25-31,33-34,36-37,39,45,47H,12-13,16-19,21-23,40H2,1-11H3/b15-14+,24-20+/t25-,26+,27-,28+,29+,30-,31-,33-,34-,36-,37-,39+/m1/s1. The van der Waals surface area contributed by atoms with E-state index < -0.39 is 54.6 Å². The molecule has 294 valence electrons. The molecule has 0 radical (unpaired) electrons. The molecular formula is C39H70N4O8. The summed E-state index contributed by atoms with van der Waals surface area (Å²) in [5.41, 5.74) is 6.97. The Morgan fingerprint density at radius 3 is 2.29 bits per heavy atom. The molecule has 0 unspecified atom stereocenters. The summed E-state index contributed by atoms with van der Waals surface area (Å²) < 4.78 is 18.8. The molecule has 2 rings (SSSR count). The molecule has 12 nitrogen and oxygen atoms in total. The molecule has 12 atom stereocenters. The second-order valence-electron chi connectivity index (χ2n) is 15.7. The maximum absolute atomic E-state index is 13.6. The molecule has 0 aromatic heterocycles. The number of nitrogens with two attached hydrogens (primary N) is 1. The molecule has 4 N–H and O–H groups in total. The highest BCUT2D eigenvalue weighted by Crippen LogP contribution is 2.34. The fourth-order valence-corrected chi connectivity index (χ4v) is 7.29. The first kappa shape index (κ1) is 45.0. The first-order chi connectivity index (χ1) is 23.9. The van der Waals surface area contributed by atoms with Gasteiger partial charge in [-0.1, -0.05) is 45.4 Å². The summed E-state index contributed by atoms with van der Waals surface area (Å²) in [6.07, 6.45) is 3.35. The van der Waals surface area contributed by atoms with Crippen molar-refractivity contribution in [1.82, 2.24) is 14.7 Å². The van der Waals surface area contributed by atoms with Gasteiger partial charge in [0.15, 0.2) is 12.1 Å². The van der Waals surface area contributed by atoms with Gasteiger partial charge >= 0.3 is 5.97 Å². The number of aliphatic hydroxyl groups is 2. The molecule has 2 aliphatic heterocycles. The number of ketones is 1. The lowest BCUT2D eigenvalue weighted by Crippen LogP contribution is -2.56. The number of amides is 1. The lowest BCUT2D eigenvalue weighted by molar-refractivity contribution is -0.283. The van der Waals surface area contributed by atoms with E-state index in [0.29, 0.717) is 38.8 Å². The molecule has 0 aromatic carbocycles. The highest BCUT2D eigenvalue weighted by molar-refractivity contribution is 5.91. The fourth-order valence-electron chi connectivity index (χ4n) is 7.29. The number of allylic oxidation sites excluding steroid dienone is 3. The molecule has 12 heteroatoms. The minimum atomic E-state index is -1.15. The van der Waals surface area contributed by atoms with Crippen LogP contribution in [0.3, 0.4) is 0 Å². The molecule has 2 heterocycles. The molecule has 51 heavy (non-hydrogen) atoms. The van der Waals surface area contributed by atoms with E-state index >= 15 is 0 Å². The molecular weight excluding hydrogens is 652 g/mol. The van der Waals surface area contributed by atoms with Crippen LogP contribution in [0.15, 0.2) is 23.8 Å². The number of carbonyl (C=O) groups excluding carboxylic acids is 3. The summed E-state index contributed by atoms with van der Waals surface area (Å²) in [6, 6.07) is -0.920. The van der Waals surface area contributed by atoms with Crippen molar-refractivity contribution >= 4 is 17.7 Å². The first-order valence-corrected chi connectivity index (χ1v) is 19.0. The smallest absolute Gasteiger partial charge is 0.308 e. The van der Waals surface area contributed by atoms with Crippen LogP contribution >= 0.6 is 0 Å². The zero-order valence-electron chi connectivity index (χ0n) is 33.3. The molecule has 0 aromatic rings. The number of aliphatic hydroxyl groups excluding tert-OH is 2. The highest BCUT2D eigenvalue weighted by Gasteiger charge is 2.43. The van der Waals surface area contributed by atoms with E-state index in [9.17, 15) is 24.6 Å². The third-order valence-electron chi connectivity index (χ3n) is 10.5. The van der Waals surface area contributed by atoms with Gasteiger partial charge in [0.1, 0.15) is 12.2 Å². The van der Waals surface area contributed by atoms with E-state index in [1.807, 2.05) is 80.7 Å². The van der Waals surface area contributed by atoms with E-state index in [0.717, 1.165) is 18.5 Å². The number of hydrogen-bond donors (Lipinski definition) is 3. The highest BCUT2D eigenvalue weighted by atomic mass is 16.7. The number of ether oxygens (including phenoxy) is 3. The van der Waals surface area contributed by atoms with Gasteiger partial charge in [0, 0.05) is 36.9 Å². The van der Waals surface area contributed by atoms with Gasteiger partial charge in [0.2, 0.25) is 5.91 Å². The number of carbonyl (C=O) groups is 3. The summed E-state index contributed by atoms with van der Waals surface area (Å²) in [5, 5.41) is 23.1. The number of hydrogen-bond acceptors (Lipinski definition) is 11. The lowest BCUT2D eigenvalue weighted by atomic mass is 9.79. The molecule has 1 amide bonds. The van der Waals surface area contributed by atoms with Crippen LogP contribution in [0.1, 0.15) is 87.0 Å². The van der Waals surface area contributed by atoms with Gasteiger partial charge in [-0.25, -0.2) is 0 Å². The van der Waals surface area contributed by atoms with Gasteiger partial charge in [0.05, 0.1) is 30.8 Å². The zero-order valence-corrected chi connectivity index (χ0v) is 33.3. The van der Waals surface area contributed by atoms with Gasteiger partial charge in [0.25, 0.3) is 0 Å². The van der Waals surface area contributed by atoms with Crippen molar-refractivity contribution in [2.24, 2.45) is 29.4 Å². The third-order valence-corrected chi connectivity index (χ3v) is 10.5. The van der Waals surface area contributed by atoms with Crippen LogP contribution in [0.4, 0.5) is 0 Å². The van der Waals surface area contributed by atoms with E-state index in [4.69, 9.17) is 19.9 Å². The number of rotatable bonds is 12. The van der Waals surface area contributed by atoms with Crippen molar-refractivity contribution in [2.75, 3.05) is 47.8 Å². The predicted octanol–water partition coefficient (Wildman–Crippen LogP) is 3.39. The molecule has 1 fully saturated rings. The Morgan fingerprint density at radius 1 is 1.04 bits per heavy atom. The van der Waals surface area contributed by atoms with Crippen LogP contribution in [-0.2, 0) is 28.6 Å². The molecule has 0 bridgehead atoms. The Morgan fingerprint density at radius 2 is 1.71 bits per heavy atom. The number of likely N-dealkylation sites (N-methyl/N-ethyl adjacent to an activating group) is 1. The van der Waals surface area contributed by atoms with Crippen molar-refractivity contribution in [3.05, 3.63) is 23.8 Å². The fraction of sp³-hybridized carbons (Fsp3) is 0.821. The monoisotopic (exact) mass is 723 g/mol. The van der Waals surface area contributed by atoms with Crippen LogP contribution in [0.2, 0.25) is 0 Å². The summed E-state index contributed by atoms with van der Waals surface area (Å²) in [7, 11) is 7.77. The van der Waals surface area contributed by atoms with Crippen molar-refractivity contribution in [3.63, 3.8) is 0 Å². The molecule has 0 aliphatic carbocycles. The van der Waals surface area contributed by atoms with Gasteiger partial charge in [-0.15, -0.1) is 0 Å². The molecule has 1 saturated heterocycles. The van der Waals surface area contributed by atoms with Crippen molar-refractivity contribution in [3.8, 4) is 0 Å².